The number of halogens is 1. The molecule has 2 rings (SSSR count). The van der Waals surface area contributed by atoms with Crippen LogP contribution in [-0.2, 0) is 43.6 Å². The van der Waals surface area contributed by atoms with E-state index >= 15 is 0 Å². The van der Waals surface area contributed by atoms with Gasteiger partial charge in [-0.05, 0) is 33.8 Å². The van der Waals surface area contributed by atoms with Crippen LogP contribution in [-0.4, -0.2) is 60.8 Å². The van der Waals surface area contributed by atoms with Crippen LogP contribution in [0, 0.1) is 6.07 Å². The number of amides is 2. The molecule has 146 valence electrons. The summed E-state index contributed by atoms with van der Waals surface area (Å²) < 4.78 is 0. The van der Waals surface area contributed by atoms with Crippen LogP contribution in [0.4, 0.5) is 0 Å². The molecule has 1 heterocycles. The fourth-order valence-corrected chi connectivity index (χ4v) is 2.46. The normalized spacial score (nSPS) is 14.0. The Morgan fingerprint density at radius 2 is 1.50 bits per heavy atom. The van der Waals surface area contributed by atoms with E-state index in [1.165, 1.54) is 0 Å². The second-order valence-electron chi connectivity index (χ2n) is 6.36. The Morgan fingerprint density at radius 1 is 1.08 bits per heavy atom. The Hall–Kier alpha value is -0.832. The molecule has 0 bridgehead atoms. The quantitative estimate of drug-likeness (QED) is 0.265. The molecule has 7 nitrogen and oxygen atoms in total. The second kappa shape index (κ2) is 11.1. The molecule has 0 N–H and O–H groups in total. The molecule has 1 saturated heterocycles. The number of benzene rings is 1. The molecule has 0 aromatic heterocycles. The summed E-state index contributed by atoms with van der Waals surface area (Å²) in [6.07, 6.45) is 0.152. The van der Waals surface area contributed by atoms with Crippen molar-refractivity contribution in [1.29, 1.82) is 0 Å². The molecule has 1 fully saturated rings. The van der Waals surface area contributed by atoms with Crippen molar-refractivity contribution in [2.75, 3.05) is 28.2 Å². The van der Waals surface area contributed by atoms with Gasteiger partial charge in [0.15, 0.2) is 0 Å². The average molecular weight is 654 g/mol. The van der Waals surface area contributed by atoms with Gasteiger partial charge in [0.2, 0.25) is 0 Å². The zero-order valence-electron chi connectivity index (χ0n) is 15.2. The first-order valence-corrected chi connectivity index (χ1v) is 14.2. The number of imide groups is 1. The molecule has 1 aliphatic heterocycles. The third-order valence-corrected chi connectivity index (χ3v) is 3.37. The summed E-state index contributed by atoms with van der Waals surface area (Å²) in [6.45, 7) is 1.23. The second-order valence-corrected chi connectivity index (χ2v) is 6.36. The number of rotatable bonds is 6. The van der Waals surface area contributed by atoms with Gasteiger partial charge in [-0.2, -0.15) is 18.2 Å². The molecular weight excluding hydrogens is 632 g/mol. The van der Waals surface area contributed by atoms with Gasteiger partial charge in [0, 0.05) is 25.9 Å². The maximum absolute atomic E-state index is 12.4. The predicted molar refractivity (Wildman–Crippen MR) is 101 cm³/mol. The van der Waals surface area contributed by atoms with E-state index in [1.54, 1.807) is 12.1 Å². The van der Waals surface area contributed by atoms with Gasteiger partial charge in [-0.1, -0.05) is 0 Å². The number of hydrogen-bond donors (Lipinski definition) is 0. The summed E-state index contributed by atoms with van der Waals surface area (Å²) in [5.41, 5.74) is 1.98. The fraction of sp³-hybridized carbons (Fsp3) is 0.471. The number of hydrogen-bond acceptors (Lipinski definition) is 6. The van der Waals surface area contributed by atoms with Crippen molar-refractivity contribution in [2.24, 2.45) is 0 Å². The van der Waals surface area contributed by atoms with Crippen molar-refractivity contribution in [3.8, 4) is 0 Å². The Morgan fingerprint density at radius 3 is 1.88 bits per heavy atom. The van der Waals surface area contributed by atoms with E-state index in [4.69, 9.17) is 4.84 Å². The van der Waals surface area contributed by atoms with Crippen LogP contribution >= 0.6 is 19.4 Å². The predicted octanol–water partition coefficient (Wildman–Crippen LogP) is 1.71. The van der Waals surface area contributed by atoms with Crippen LogP contribution in [0.15, 0.2) is 12.1 Å². The number of nitrogens with zero attached hydrogens (tertiary/aromatic N) is 3. The summed E-state index contributed by atoms with van der Waals surface area (Å²) in [7, 11) is 7.69. The molecule has 26 heavy (non-hydrogen) atoms. The van der Waals surface area contributed by atoms with Crippen LogP contribution in [0.25, 0.3) is 0 Å². The van der Waals surface area contributed by atoms with E-state index in [-0.39, 0.29) is 12.8 Å². The van der Waals surface area contributed by atoms with Gasteiger partial charge in [0.25, 0.3) is 11.8 Å². The summed E-state index contributed by atoms with van der Waals surface area (Å²) >= 11 is 4.23. The Labute approximate surface area is 175 Å². The van der Waals surface area contributed by atoms with Crippen LogP contribution in [0.3, 0.4) is 0 Å². The van der Waals surface area contributed by atoms with E-state index in [0.29, 0.717) is 23.7 Å². The van der Waals surface area contributed by atoms with Crippen LogP contribution in [0.2, 0.25) is 0 Å². The monoisotopic (exact) mass is 654 g/mol. The van der Waals surface area contributed by atoms with Gasteiger partial charge in [0.1, 0.15) is 0 Å². The van der Waals surface area contributed by atoms with Crippen molar-refractivity contribution < 1.29 is 35.4 Å². The van der Waals surface area contributed by atoms with E-state index in [9.17, 15) is 14.4 Å². The first-order valence-electron chi connectivity index (χ1n) is 7.81. The van der Waals surface area contributed by atoms with Crippen molar-refractivity contribution in [3.63, 3.8) is 0 Å². The van der Waals surface area contributed by atoms with Gasteiger partial charge < -0.3 is 14.6 Å². The minimum atomic E-state index is -0.715. The van der Waals surface area contributed by atoms with Gasteiger partial charge >= 0.3 is 41.5 Å². The zero-order valence-corrected chi connectivity index (χ0v) is 19.6. The van der Waals surface area contributed by atoms with Crippen molar-refractivity contribution in [2.45, 2.75) is 25.9 Å². The number of carbonyl (C=O) groups is 3. The maximum atomic E-state index is 12.4. The van der Waals surface area contributed by atoms with E-state index in [2.05, 4.69) is 41.6 Å². The zero-order chi connectivity index (χ0) is 19.9. The van der Waals surface area contributed by atoms with Crippen LogP contribution < -0.4 is 0 Å². The number of hydroxylamine groups is 2. The van der Waals surface area contributed by atoms with Crippen molar-refractivity contribution >= 4 is 37.1 Å². The summed E-state index contributed by atoms with van der Waals surface area (Å²) in [6, 6.07) is 6.62. The molecule has 1 aromatic rings. The molecule has 0 radical (unpaired) electrons. The standard InChI is InChI=1S/C17H22N3O4.HI.Pt/c1-18(2)10-12-7-13(11-19(3)4)9-14(8-12)17(23)24-20-15(21)5-6-16(20)22;;/h8-9H,5-6,10-11H2,1-4H3;1H;/q-1;;+2/p-1. The van der Waals surface area contributed by atoms with E-state index in [0.717, 1.165) is 11.1 Å². The summed E-state index contributed by atoms with van der Waals surface area (Å²) in [5.74, 6) is -1.69. The molecule has 1 aromatic carbocycles. The average Bonchev–Trinajstić information content (AvgIpc) is 2.87. The van der Waals surface area contributed by atoms with E-state index in [1.807, 2.05) is 38.0 Å². The van der Waals surface area contributed by atoms with Crippen molar-refractivity contribution in [1.82, 2.24) is 14.9 Å². The van der Waals surface area contributed by atoms with Gasteiger partial charge in [-0.15, -0.1) is 16.2 Å². The summed E-state index contributed by atoms with van der Waals surface area (Å²) in [4.78, 5) is 44.5. The Bertz CT molecular complexity index is 623. The Balaban J connectivity index is 0.00000163. The molecule has 2 amide bonds. The molecule has 1 aliphatic rings. The molecule has 0 spiro atoms. The van der Waals surface area contributed by atoms with E-state index < -0.39 is 17.8 Å². The molecule has 0 saturated carbocycles. The Kier molecular flexibility index (Phi) is 9.92. The van der Waals surface area contributed by atoms with Crippen LogP contribution in [0.1, 0.15) is 34.3 Å². The molecule has 0 aliphatic carbocycles. The van der Waals surface area contributed by atoms with Crippen LogP contribution in [0.5, 0.6) is 0 Å². The molecule has 9 heteroatoms. The third kappa shape index (κ3) is 7.06. The summed E-state index contributed by atoms with van der Waals surface area (Å²) in [5, 5.41) is 0.566. The van der Waals surface area contributed by atoms with Gasteiger partial charge in [0.05, 0.1) is 0 Å². The topological polar surface area (TPSA) is 70.2 Å². The minimum absolute atomic E-state index is 0.0758. The molecular formula is C17H22IN3O4Pt. The first kappa shape index (κ1) is 23.2. The van der Waals surface area contributed by atoms with Gasteiger partial charge in [-0.25, -0.2) is 4.79 Å². The first-order chi connectivity index (χ1) is 12.3. The SMILES string of the molecule is CN(C)Cc1[c-]c(CN(C)C)cc(C(=O)ON2C(=O)CCC2=O)c1.[I][Pt+]. The van der Waals surface area contributed by atoms with Crippen molar-refractivity contribution in [3.05, 3.63) is 34.9 Å². The fourth-order valence-electron chi connectivity index (χ4n) is 2.46. The molecule has 0 atom stereocenters. The van der Waals surface area contributed by atoms with Gasteiger partial charge in [-0.3, -0.25) is 9.59 Å². The molecule has 0 unspecified atom stereocenters. The number of carbonyl (C=O) groups excluding carboxylic acids is 3. The third-order valence-electron chi connectivity index (χ3n) is 3.37.